The first-order valence-corrected chi connectivity index (χ1v) is 2.90. The monoisotopic (exact) mass is 147 g/mol. The van der Waals surface area contributed by atoms with Gasteiger partial charge >= 0.3 is 0 Å². The minimum atomic E-state index is 0.470. The number of halogens is 1. The second-order valence-electron chi connectivity index (χ2n) is 1.27. The Bertz CT molecular complexity index is 119. The van der Waals surface area contributed by atoms with Gasteiger partial charge in [0.15, 0.2) is 0 Å². The minimum absolute atomic E-state index is 0.470. The van der Waals surface area contributed by atoms with Gasteiger partial charge in [0.25, 0.3) is 0 Å². The van der Waals surface area contributed by atoms with Crippen LogP contribution in [0.1, 0.15) is 0 Å². The summed E-state index contributed by atoms with van der Waals surface area (Å²) in [6.45, 7) is 0. The number of aliphatic imine (C=N–C) groups is 1. The molecule has 0 unspecified atom stereocenters. The average molecular weight is 148 g/mol. The molecule has 9 heavy (non-hydrogen) atoms. The van der Waals surface area contributed by atoms with Crippen LogP contribution >= 0.6 is 11.6 Å². The van der Waals surface area contributed by atoms with Crippen molar-refractivity contribution in [2.24, 2.45) is 4.99 Å². The van der Waals surface area contributed by atoms with Crippen LogP contribution in [0, 0.1) is 0 Å². The molecule has 0 fully saturated rings. The summed E-state index contributed by atoms with van der Waals surface area (Å²) < 4.78 is 0. The maximum absolute atomic E-state index is 5.50. The van der Waals surface area contributed by atoms with Gasteiger partial charge < -0.3 is 5.43 Å². The van der Waals surface area contributed by atoms with E-state index >= 15 is 0 Å². The van der Waals surface area contributed by atoms with Crippen molar-refractivity contribution in [3.63, 3.8) is 0 Å². The number of allylic oxidation sites excluding steroid dienone is 1. The Hall–Kier alpha value is -0.540. The summed E-state index contributed by atoms with van der Waals surface area (Å²) in [6, 6.07) is 0. The fourth-order valence-electron chi connectivity index (χ4n) is 0.268. The van der Waals surface area contributed by atoms with Crippen molar-refractivity contribution in [2.45, 2.75) is 0 Å². The standard InChI is InChI=1S/C5H10ClN3/c1-7-5(6)3-4-9-8-2/h3-4,8-9H,1-2H3/b4-3-,7-5?. The fraction of sp³-hybridized carbons (Fsp3) is 0.400. The van der Waals surface area contributed by atoms with Crippen LogP contribution in [-0.2, 0) is 0 Å². The summed E-state index contributed by atoms with van der Waals surface area (Å²) in [5.41, 5.74) is 5.41. The van der Waals surface area contributed by atoms with Crippen LogP contribution in [0.2, 0.25) is 0 Å². The molecule has 0 saturated heterocycles. The number of hydrogen-bond acceptors (Lipinski definition) is 3. The Labute approximate surface area is 59.8 Å². The highest BCUT2D eigenvalue weighted by Crippen LogP contribution is 1.83. The third kappa shape index (κ3) is 5.33. The molecule has 0 atom stereocenters. The Morgan fingerprint density at radius 3 is 2.78 bits per heavy atom. The normalized spacial score (nSPS) is 12.6. The third-order valence-corrected chi connectivity index (χ3v) is 0.957. The van der Waals surface area contributed by atoms with Crippen molar-refractivity contribution >= 4 is 16.8 Å². The smallest absolute Gasteiger partial charge is 0.124 e. The lowest BCUT2D eigenvalue weighted by Gasteiger charge is -1.91. The first-order chi connectivity index (χ1) is 4.31. The van der Waals surface area contributed by atoms with Crippen molar-refractivity contribution in [2.75, 3.05) is 14.1 Å². The van der Waals surface area contributed by atoms with Crippen LogP contribution in [0.25, 0.3) is 0 Å². The maximum Gasteiger partial charge on any atom is 0.124 e. The van der Waals surface area contributed by atoms with Gasteiger partial charge in [-0.2, -0.15) is 0 Å². The lowest BCUT2D eigenvalue weighted by atomic mass is 10.6. The van der Waals surface area contributed by atoms with Gasteiger partial charge in [0.05, 0.1) is 0 Å². The Balaban J connectivity index is 3.45. The molecule has 0 aromatic rings. The molecule has 0 spiro atoms. The molecule has 0 aliphatic rings. The molecule has 0 rings (SSSR count). The van der Waals surface area contributed by atoms with E-state index in [2.05, 4.69) is 15.8 Å². The van der Waals surface area contributed by atoms with Gasteiger partial charge in [-0.05, 0) is 6.08 Å². The van der Waals surface area contributed by atoms with Gasteiger partial charge in [-0.15, -0.1) is 0 Å². The molecule has 0 amide bonds. The molecule has 4 heteroatoms. The van der Waals surface area contributed by atoms with Crippen LogP contribution in [0.15, 0.2) is 17.3 Å². The molecule has 3 nitrogen and oxygen atoms in total. The molecule has 0 aromatic carbocycles. The number of hydrazine groups is 1. The van der Waals surface area contributed by atoms with Gasteiger partial charge in [0.2, 0.25) is 0 Å². The Kier molecular flexibility index (Phi) is 5.26. The van der Waals surface area contributed by atoms with Crippen molar-refractivity contribution in [1.82, 2.24) is 10.9 Å². The molecular weight excluding hydrogens is 138 g/mol. The predicted octanol–water partition coefficient (Wildman–Crippen LogP) is 0.491. The highest BCUT2D eigenvalue weighted by molar-refractivity contribution is 6.68. The maximum atomic E-state index is 5.50. The third-order valence-electron chi connectivity index (χ3n) is 0.662. The molecule has 2 N–H and O–H groups in total. The van der Waals surface area contributed by atoms with E-state index in [4.69, 9.17) is 11.6 Å². The molecule has 0 saturated carbocycles. The van der Waals surface area contributed by atoms with E-state index in [0.29, 0.717) is 5.17 Å². The van der Waals surface area contributed by atoms with Crippen LogP contribution in [0.5, 0.6) is 0 Å². The summed E-state index contributed by atoms with van der Waals surface area (Å²) in [7, 11) is 3.40. The SMILES string of the molecule is CN=C(Cl)/C=C\NNC. The number of nitrogens with zero attached hydrogens (tertiary/aromatic N) is 1. The van der Waals surface area contributed by atoms with Crippen LogP contribution in [0.4, 0.5) is 0 Å². The zero-order chi connectivity index (χ0) is 7.11. The first-order valence-electron chi connectivity index (χ1n) is 2.52. The van der Waals surface area contributed by atoms with E-state index in [1.54, 1.807) is 26.4 Å². The topological polar surface area (TPSA) is 36.4 Å². The van der Waals surface area contributed by atoms with E-state index < -0.39 is 0 Å². The Morgan fingerprint density at radius 1 is 1.67 bits per heavy atom. The highest BCUT2D eigenvalue weighted by Gasteiger charge is 1.78. The average Bonchev–Trinajstić information content (AvgIpc) is 1.89. The van der Waals surface area contributed by atoms with E-state index in [1.165, 1.54) is 0 Å². The van der Waals surface area contributed by atoms with Gasteiger partial charge in [-0.25, -0.2) is 5.43 Å². The summed E-state index contributed by atoms with van der Waals surface area (Å²) in [4.78, 5) is 3.69. The summed E-state index contributed by atoms with van der Waals surface area (Å²) >= 11 is 5.50. The van der Waals surface area contributed by atoms with E-state index in [1.807, 2.05) is 0 Å². The van der Waals surface area contributed by atoms with Crippen molar-refractivity contribution in [1.29, 1.82) is 0 Å². The molecule has 0 aliphatic heterocycles. The van der Waals surface area contributed by atoms with E-state index in [9.17, 15) is 0 Å². The summed E-state index contributed by atoms with van der Waals surface area (Å²) in [5.74, 6) is 0. The van der Waals surface area contributed by atoms with Gasteiger partial charge in [0.1, 0.15) is 5.17 Å². The highest BCUT2D eigenvalue weighted by atomic mass is 35.5. The first kappa shape index (κ1) is 8.46. The largest absolute Gasteiger partial charge is 0.329 e. The minimum Gasteiger partial charge on any atom is -0.329 e. The van der Waals surface area contributed by atoms with Crippen molar-refractivity contribution in [3.05, 3.63) is 12.3 Å². The fourth-order valence-corrected chi connectivity index (χ4v) is 0.331. The number of nitrogens with one attached hydrogen (secondary N) is 2. The molecule has 0 heterocycles. The molecule has 0 aromatic heterocycles. The van der Waals surface area contributed by atoms with Crippen LogP contribution in [-0.4, -0.2) is 19.3 Å². The second-order valence-corrected chi connectivity index (χ2v) is 1.66. The lowest BCUT2D eigenvalue weighted by Crippen LogP contribution is -2.20. The van der Waals surface area contributed by atoms with Gasteiger partial charge in [0, 0.05) is 20.3 Å². The summed E-state index contributed by atoms with van der Waals surface area (Å²) in [6.07, 6.45) is 3.31. The van der Waals surface area contributed by atoms with Crippen LogP contribution in [0.3, 0.4) is 0 Å². The molecule has 0 radical (unpaired) electrons. The van der Waals surface area contributed by atoms with E-state index in [0.717, 1.165) is 0 Å². The zero-order valence-corrected chi connectivity index (χ0v) is 6.24. The molecule has 0 aliphatic carbocycles. The zero-order valence-electron chi connectivity index (χ0n) is 5.48. The number of rotatable bonds is 3. The lowest BCUT2D eigenvalue weighted by molar-refractivity contribution is 0.731. The van der Waals surface area contributed by atoms with Crippen LogP contribution < -0.4 is 10.9 Å². The molecular formula is C5H10ClN3. The quantitative estimate of drug-likeness (QED) is 0.451. The second kappa shape index (κ2) is 5.59. The molecule has 52 valence electrons. The van der Waals surface area contributed by atoms with Gasteiger partial charge in [-0.3, -0.25) is 4.99 Å². The van der Waals surface area contributed by atoms with E-state index in [-0.39, 0.29) is 0 Å². The Morgan fingerprint density at radius 2 is 2.33 bits per heavy atom. The van der Waals surface area contributed by atoms with Crippen molar-refractivity contribution < 1.29 is 0 Å². The molecule has 0 bridgehead atoms. The summed E-state index contributed by atoms with van der Waals surface area (Å²) in [5, 5.41) is 0.470. The van der Waals surface area contributed by atoms with Gasteiger partial charge in [-0.1, -0.05) is 11.6 Å². The van der Waals surface area contributed by atoms with Crippen molar-refractivity contribution in [3.8, 4) is 0 Å². The number of hydrogen-bond donors (Lipinski definition) is 2. The predicted molar refractivity (Wildman–Crippen MR) is 40.5 cm³/mol.